The lowest BCUT2D eigenvalue weighted by atomic mass is 10.2. The first kappa shape index (κ1) is 16.9. The van der Waals surface area contributed by atoms with Crippen molar-refractivity contribution < 1.29 is 0 Å². The van der Waals surface area contributed by atoms with Crippen LogP contribution in [0.4, 0.5) is 0 Å². The molecule has 4 aromatic rings. The Kier molecular flexibility index (Phi) is 4.85. The molecule has 8 heteroatoms. The van der Waals surface area contributed by atoms with Crippen LogP contribution in [-0.4, -0.2) is 29.9 Å². The van der Waals surface area contributed by atoms with Crippen LogP contribution in [-0.2, 0) is 6.54 Å². The van der Waals surface area contributed by atoms with E-state index >= 15 is 0 Å². The molecular weight excluding hydrogens is 358 g/mol. The summed E-state index contributed by atoms with van der Waals surface area (Å²) < 4.78 is 2.02. The van der Waals surface area contributed by atoms with E-state index in [1.807, 2.05) is 41.0 Å². The molecule has 0 radical (unpaired) electrons. The molecule has 0 N–H and O–H groups in total. The van der Waals surface area contributed by atoms with Crippen LogP contribution >= 0.6 is 11.8 Å². The minimum Gasteiger partial charge on any atom is -0.297 e. The van der Waals surface area contributed by atoms with Gasteiger partial charge in [-0.25, -0.2) is 0 Å². The zero-order chi connectivity index (χ0) is 18.5. The van der Waals surface area contributed by atoms with E-state index in [4.69, 9.17) is 5.26 Å². The first-order valence-corrected chi connectivity index (χ1v) is 8.94. The molecule has 0 fully saturated rings. The van der Waals surface area contributed by atoms with Gasteiger partial charge in [-0.1, -0.05) is 30.3 Å². The van der Waals surface area contributed by atoms with Gasteiger partial charge in [-0.15, -0.1) is 20.4 Å². The summed E-state index contributed by atoms with van der Waals surface area (Å²) in [5.74, 6) is 0.732. The Morgan fingerprint density at radius 1 is 0.926 bits per heavy atom. The predicted molar refractivity (Wildman–Crippen MR) is 99.7 cm³/mol. The fourth-order valence-corrected chi connectivity index (χ4v) is 3.26. The van der Waals surface area contributed by atoms with Gasteiger partial charge in [0.05, 0.1) is 6.54 Å². The van der Waals surface area contributed by atoms with Crippen LogP contribution < -0.4 is 0 Å². The number of nitriles is 1. The Morgan fingerprint density at radius 2 is 1.81 bits per heavy atom. The van der Waals surface area contributed by atoms with Gasteiger partial charge in [0, 0.05) is 18.0 Å². The third kappa shape index (κ3) is 3.83. The van der Waals surface area contributed by atoms with Gasteiger partial charge in [-0.2, -0.15) is 5.26 Å². The van der Waals surface area contributed by atoms with E-state index < -0.39 is 0 Å². The molecule has 0 aliphatic heterocycles. The maximum atomic E-state index is 8.86. The van der Waals surface area contributed by atoms with Gasteiger partial charge < -0.3 is 0 Å². The fourth-order valence-electron chi connectivity index (χ4n) is 2.51. The molecule has 0 spiro atoms. The monoisotopic (exact) mass is 371 g/mol. The second kappa shape index (κ2) is 7.76. The van der Waals surface area contributed by atoms with E-state index in [1.165, 1.54) is 11.8 Å². The molecule has 0 amide bonds. The highest BCUT2D eigenvalue weighted by atomic mass is 32.2. The molecule has 4 rings (SSSR count). The summed E-state index contributed by atoms with van der Waals surface area (Å²) in [6.07, 6.45) is 3.49. The summed E-state index contributed by atoms with van der Waals surface area (Å²) >= 11 is 1.35. The topological polar surface area (TPSA) is 93.2 Å². The number of pyridine rings is 1. The van der Waals surface area contributed by atoms with Gasteiger partial charge in [0.2, 0.25) is 0 Å². The lowest BCUT2D eigenvalue weighted by Gasteiger charge is -2.10. The van der Waals surface area contributed by atoms with Crippen LogP contribution in [0.1, 0.15) is 11.3 Å². The molecule has 7 nitrogen and oxygen atoms in total. The Morgan fingerprint density at radius 3 is 2.52 bits per heavy atom. The highest BCUT2D eigenvalue weighted by molar-refractivity contribution is 7.99. The zero-order valence-corrected chi connectivity index (χ0v) is 14.9. The lowest BCUT2D eigenvalue weighted by Crippen LogP contribution is -2.04. The number of aromatic nitrogens is 6. The van der Waals surface area contributed by atoms with Gasteiger partial charge in [-0.3, -0.25) is 9.55 Å². The van der Waals surface area contributed by atoms with Crippen molar-refractivity contribution in [2.24, 2.45) is 0 Å². The van der Waals surface area contributed by atoms with Crippen molar-refractivity contribution in [1.29, 1.82) is 5.26 Å². The first-order chi connectivity index (χ1) is 13.3. The maximum absolute atomic E-state index is 8.86. The number of rotatable bonds is 5. The maximum Gasteiger partial charge on any atom is 0.198 e. The molecule has 0 bridgehead atoms. The van der Waals surface area contributed by atoms with Crippen LogP contribution in [0.25, 0.3) is 11.4 Å². The smallest absolute Gasteiger partial charge is 0.198 e. The van der Waals surface area contributed by atoms with E-state index in [-0.39, 0.29) is 5.69 Å². The molecule has 1 aromatic carbocycles. The normalized spacial score (nSPS) is 10.5. The molecule has 0 aliphatic rings. The Hall–Kier alpha value is -3.57. The first-order valence-electron chi connectivity index (χ1n) is 8.13. The molecule has 3 heterocycles. The van der Waals surface area contributed by atoms with Gasteiger partial charge in [0.25, 0.3) is 0 Å². The van der Waals surface area contributed by atoms with Crippen molar-refractivity contribution in [3.8, 4) is 17.5 Å². The molecule has 0 saturated heterocycles. The summed E-state index contributed by atoms with van der Waals surface area (Å²) in [5.41, 5.74) is 2.30. The Balaban J connectivity index is 1.72. The average molecular weight is 371 g/mol. The van der Waals surface area contributed by atoms with Crippen LogP contribution in [0.3, 0.4) is 0 Å². The molecule has 27 heavy (non-hydrogen) atoms. The second-order valence-electron chi connectivity index (χ2n) is 5.59. The minimum absolute atomic E-state index is 0.279. The minimum atomic E-state index is 0.279. The van der Waals surface area contributed by atoms with Crippen molar-refractivity contribution in [2.45, 2.75) is 16.7 Å². The van der Waals surface area contributed by atoms with Gasteiger partial charge in [0.1, 0.15) is 11.1 Å². The number of hydrogen-bond donors (Lipinski definition) is 0. The van der Waals surface area contributed by atoms with E-state index in [0.717, 1.165) is 17.0 Å². The van der Waals surface area contributed by atoms with Crippen molar-refractivity contribution in [3.63, 3.8) is 0 Å². The van der Waals surface area contributed by atoms with Crippen LogP contribution in [0.15, 0.2) is 77.2 Å². The quantitative estimate of drug-likeness (QED) is 0.532. The zero-order valence-electron chi connectivity index (χ0n) is 14.1. The predicted octanol–water partition coefficient (Wildman–Crippen LogP) is 3.20. The SMILES string of the molecule is N#Cc1ccc(Sc2nnc(-c3cccnc3)n2Cc2ccccc2)nn1. The Labute approximate surface area is 159 Å². The van der Waals surface area contributed by atoms with E-state index in [0.29, 0.717) is 16.7 Å². The molecule has 0 unspecified atom stereocenters. The van der Waals surface area contributed by atoms with E-state index in [2.05, 4.69) is 37.5 Å². The summed E-state index contributed by atoms with van der Waals surface area (Å²) in [7, 11) is 0. The summed E-state index contributed by atoms with van der Waals surface area (Å²) in [6, 6.07) is 19.3. The molecule has 0 saturated carbocycles. The summed E-state index contributed by atoms with van der Waals surface area (Å²) in [4.78, 5) is 4.18. The van der Waals surface area contributed by atoms with Gasteiger partial charge >= 0.3 is 0 Å². The third-order valence-corrected chi connectivity index (χ3v) is 4.68. The molecule has 3 aromatic heterocycles. The second-order valence-corrected chi connectivity index (χ2v) is 6.58. The largest absolute Gasteiger partial charge is 0.297 e. The lowest BCUT2D eigenvalue weighted by molar-refractivity contribution is 0.713. The Bertz CT molecular complexity index is 1070. The van der Waals surface area contributed by atoms with Gasteiger partial charge in [0.15, 0.2) is 16.7 Å². The number of benzene rings is 1. The van der Waals surface area contributed by atoms with Crippen LogP contribution in [0, 0.1) is 11.3 Å². The highest BCUT2D eigenvalue weighted by Crippen LogP contribution is 2.28. The third-order valence-electron chi connectivity index (χ3n) is 3.77. The molecule has 0 aliphatic carbocycles. The van der Waals surface area contributed by atoms with Crippen LogP contribution in [0.5, 0.6) is 0 Å². The summed E-state index contributed by atoms with van der Waals surface area (Å²) in [5, 5.41) is 26.9. The molecular formula is C19H13N7S. The standard InChI is InChI=1S/C19H13N7S/c20-11-16-8-9-17(23-22-16)27-19-25-24-18(15-7-4-10-21-12-15)26(19)13-14-5-2-1-3-6-14/h1-10,12H,13H2. The van der Waals surface area contributed by atoms with Crippen LogP contribution in [0.2, 0.25) is 0 Å². The number of hydrogen-bond acceptors (Lipinski definition) is 7. The van der Waals surface area contributed by atoms with E-state index in [9.17, 15) is 0 Å². The van der Waals surface area contributed by atoms with E-state index in [1.54, 1.807) is 24.5 Å². The average Bonchev–Trinajstić information content (AvgIpc) is 3.12. The van der Waals surface area contributed by atoms with Gasteiger partial charge in [-0.05, 0) is 41.6 Å². The van der Waals surface area contributed by atoms with Crippen molar-refractivity contribution in [2.75, 3.05) is 0 Å². The molecule has 0 atom stereocenters. The van der Waals surface area contributed by atoms with Crippen molar-refractivity contribution in [1.82, 2.24) is 29.9 Å². The fraction of sp³-hybridized carbons (Fsp3) is 0.0526. The highest BCUT2D eigenvalue weighted by Gasteiger charge is 2.16. The number of nitrogens with zero attached hydrogens (tertiary/aromatic N) is 7. The van der Waals surface area contributed by atoms with Crippen molar-refractivity contribution in [3.05, 3.63) is 78.2 Å². The molecule has 130 valence electrons. The van der Waals surface area contributed by atoms with Crippen molar-refractivity contribution >= 4 is 11.8 Å². The summed E-state index contributed by atoms with van der Waals surface area (Å²) in [6.45, 7) is 0.615.